The van der Waals surface area contributed by atoms with Crippen molar-refractivity contribution in [2.24, 2.45) is 17.6 Å². The monoisotopic (exact) mass is 432 g/mol. The van der Waals surface area contributed by atoms with Gasteiger partial charge in [0, 0.05) is 31.4 Å². The lowest BCUT2D eigenvalue weighted by atomic mass is 9.67. The Bertz CT molecular complexity index is 779. The van der Waals surface area contributed by atoms with E-state index in [1.807, 2.05) is 0 Å². The number of carbonyl (C=O) groups excluding carboxylic acids is 1. The number of amides is 1. The highest BCUT2D eigenvalue weighted by molar-refractivity contribution is 7.89. The van der Waals surface area contributed by atoms with Crippen molar-refractivity contribution in [3.05, 3.63) is 18.0 Å². The lowest BCUT2D eigenvalue weighted by Crippen LogP contribution is -2.53. The molecule has 1 aliphatic heterocycles. The summed E-state index contributed by atoms with van der Waals surface area (Å²) in [5.41, 5.74) is 6.44. The molecule has 10 heteroatoms. The molecule has 0 radical (unpaired) electrons. The molecule has 1 saturated heterocycles. The molecule has 3 aliphatic rings. The molecule has 1 amide bonds. The van der Waals surface area contributed by atoms with Crippen LogP contribution in [0.3, 0.4) is 0 Å². The number of nitrogens with zero attached hydrogens (tertiary/aromatic N) is 1. The largest absolute Gasteiger partial charge is 0.379 e. The molecule has 2 atom stereocenters. The molecule has 2 unspecified atom stereocenters. The Morgan fingerprint density at radius 3 is 2.50 bits per heavy atom. The molecule has 2 saturated carbocycles. The molecule has 2 heterocycles. The smallest absolute Gasteiger partial charge is 0.267 e. The van der Waals surface area contributed by atoms with Gasteiger partial charge in [-0.25, -0.2) is 8.42 Å². The fourth-order valence-electron chi connectivity index (χ4n) is 4.84. The van der Waals surface area contributed by atoms with Crippen LogP contribution in [0.25, 0.3) is 0 Å². The second kappa shape index (κ2) is 8.71. The number of ether oxygens (including phenoxy) is 1. The Labute approximate surface area is 172 Å². The number of carbonyl (C=O) groups is 1. The van der Waals surface area contributed by atoms with Gasteiger partial charge in [-0.1, -0.05) is 6.42 Å². The summed E-state index contributed by atoms with van der Waals surface area (Å²) in [5.74, 6) is 0.599. The van der Waals surface area contributed by atoms with E-state index in [0.29, 0.717) is 38.1 Å². The number of nitrogens with two attached hydrogens (primary N) is 1. The minimum absolute atomic E-state index is 0. The third-order valence-corrected chi connectivity index (χ3v) is 8.06. The minimum Gasteiger partial charge on any atom is -0.379 e. The SMILES string of the molecule is Cl.NC1CC2CCCC(C1)C2NC(=O)c1cc(S(=O)(=O)N2CCOCC2)c[nH]1. The first-order valence-electron chi connectivity index (χ1n) is 9.78. The fraction of sp³-hybridized carbons (Fsp3) is 0.722. The van der Waals surface area contributed by atoms with Crippen LogP contribution in [0.2, 0.25) is 0 Å². The molecule has 0 aromatic carbocycles. The Morgan fingerprint density at radius 1 is 1.21 bits per heavy atom. The standard InChI is InChI=1S/C18H28N4O4S.ClH/c19-14-8-12-2-1-3-13(9-14)17(12)21-18(23)16-10-15(11-20-16)27(24,25)22-4-6-26-7-5-22;/h10-14,17,20H,1-9,19H2,(H,21,23);1H. The van der Waals surface area contributed by atoms with Crippen molar-refractivity contribution in [2.45, 2.75) is 49.1 Å². The Kier molecular flexibility index (Phi) is 6.71. The minimum atomic E-state index is -3.60. The van der Waals surface area contributed by atoms with Gasteiger partial charge >= 0.3 is 0 Å². The maximum atomic E-state index is 12.7. The van der Waals surface area contributed by atoms with Crippen molar-refractivity contribution >= 4 is 28.3 Å². The van der Waals surface area contributed by atoms with Crippen molar-refractivity contribution < 1.29 is 17.9 Å². The second-order valence-corrected chi connectivity index (χ2v) is 9.89. The average Bonchev–Trinajstić information content (AvgIpc) is 3.14. The van der Waals surface area contributed by atoms with E-state index in [9.17, 15) is 13.2 Å². The molecule has 0 spiro atoms. The molecule has 8 nitrogen and oxygen atoms in total. The van der Waals surface area contributed by atoms with Gasteiger partial charge in [-0.05, 0) is 43.6 Å². The highest BCUT2D eigenvalue weighted by Crippen LogP contribution is 2.39. The highest BCUT2D eigenvalue weighted by atomic mass is 35.5. The second-order valence-electron chi connectivity index (χ2n) is 7.95. The van der Waals surface area contributed by atoms with Crippen molar-refractivity contribution in [1.82, 2.24) is 14.6 Å². The lowest BCUT2D eigenvalue weighted by molar-refractivity contribution is 0.0730. The number of halogens is 1. The quantitative estimate of drug-likeness (QED) is 0.658. The van der Waals surface area contributed by atoms with E-state index in [0.717, 1.165) is 25.7 Å². The molecule has 158 valence electrons. The fourth-order valence-corrected chi connectivity index (χ4v) is 6.25. The van der Waals surface area contributed by atoms with E-state index in [1.165, 1.54) is 23.0 Å². The molecule has 4 N–H and O–H groups in total. The summed E-state index contributed by atoms with van der Waals surface area (Å²) in [5, 5.41) is 3.15. The van der Waals surface area contributed by atoms with E-state index < -0.39 is 10.0 Å². The topological polar surface area (TPSA) is 118 Å². The van der Waals surface area contributed by atoms with Gasteiger partial charge in [-0.15, -0.1) is 12.4 Å². The van der Waals surface area contributed by atoms with Gasteiger partial charge in [0.1, 0.15) is 10.6 Å². The first-order chi connectivity index (χ1) is 12.9. The summed E-state index contributed by atoms with van der Waals surface area (Å²) in [6.07, 6.45) is 6.68. The van der Waals surface area contributed by atoms with E-state index in [1.54, 1.807) is 0 Å². The molecule has 1 aromatic heterocycles. The lowest BCUT2D eigenvalue weighted by Gasteiger charge is -2.45. The molecular formula is C18H29ClN4O4S. The first-order valence-corrected chi connectivity index (χ1v) is 11.2. The molecule has 28 heavy (non-hydrogen) atoms. The Morgan fingerprint density at radius 2 is 1.86 bits per heavy atom. The maximum absolute atomic E-state index is 12.7. The van der Waals surface area contributed by atoms with Gasteiger partial charge in [0.2, 0.25) is 10.0 Å². The molecule has 2 aliphatic carbocycles. The number of hydrogen-bond donors (Lipinski definition) is 3. The van der Waals surface area contributed by atoms with Crippen LogP contribution < -0.4 is 11.1 Å². The van der Waals surface area contributed by atoms with Gasteiger partial charge < -0.3 is 20.8 Å². The van der Waals surface area contributed by atoms with Crippen LogP contribution in [-0.4, -0.2) is 62.0 Å². The molecular weight excluding hydrogens is 404 g/mol. The summed E-state index contributed by atoms with van der Waals surface area (Å²) < 4.78 is 32.0. The Balaban J connectivity index is 0.00000225. The van der Waals surface area contributed by atoms with E-state index in [-0.39, 0.29) is 41.0 Å². The zero-order valence-electron chi connectivity index (χ0n) is 15.8. The van der Waals surface area contributed by atoms with Crippen molar-refractivity contribution in [3.63, 3.8) is 0 Å². The zero-order chi connectivity index (χ0) is 19.0. The summed E-state index contributed by atoms with van der Waals surface area (Å²) in [6.45, 7) is 1.45. The van der Waals surface area contributed by atoms with Gasteiger partial charge in [0.25, 0.3) is 5.91 Å². The van der Waals surface area contributed by atoms with Crippen LogP contribution in [0.5, 0.6) is 0 Å². The normalized spacial score (nSPS) is 31.0. The Hall–Kier alpha value is -1.13. The van der Waals surface area contributed by atoms with Crippen LogP contribution >= 0.6 is 12.4 Å². The van der Waals surface area contributed by atoms with Gasteiger partial charge in [0.15, 0.2) is 0 Å². The van der Waals surface area contributed by atoms with Gasteiger partial charge in [-0.2, -0.15) is 4.31 Å². The van der Waals surface area contributed by atoms with Crippen molar-refractivity contribution in [3.8, 4) is 0 Å². The summed E-state index contributed by atoms with van der Waals surface area (Å²) in [4.78, 5) is 15.7. The molecule has 4 rings (SSSR count). The van der Waals surface area contributed by atoms with Crippen LogP contribution in [0.1, 0.15) is 42.6 Å². The van der Waals surface area contributed by atoms with E-state index in [2.05, 4.69) is 10.3 Å². The summed E-state index contributed by atoms with van der Waals surface area (Å²) >= 11 is 0. The van der Waals surface area contributed by atoms with Gasteiger partial charge in [0.05, 0.1) is 13.2 Å². The number of morpholine rings is 1. The third-order valence-electron chi connectivity index (χ3n) is 6.18. The number of rotatable bonds is 4. The number of H-pyrrole nitrogens is 1. The molecule has 2 bridgehead atoms. The summed E-state index contributed by atoms with van der Waals surface area (Å²) in [7, 11) is -3.60. The number of hydrogen-bond acceptors (Lipinski definition) is 5. The van der Waals surface area contributed by atoms with Crippen LogP contribution in [0.15, 0.2) is 17.2 Å². The average molecular weight is 433 g/mol. The van der Waals surface area contributed by atoms with Gasteiger partial charge in [-0.3, -0.25) is 4.79 Å². The molecule has 3 fully saturated rings. The number of aromatic nitrogens is 1. The number of nitrogens with one attached hydrogen (secondary N) is 2. The third kappa shape index (κ3) is 4.23. The van der Waals surface area contributed by atoms with Crippen LogP contribution in [0, 0.1) is 11.8 Å². The number of aromatic amines is 1. The predicted molar refractivity (Wildman–Crippen MR) is 107 cm³/mol. The maximum Gasteiger partial charge on any atom is 0.267 e. The molecule has 1 aromatic rings. The number of sulfonamides is 1. The zero-order valence-corrected chi connectivity index (χ0v) is 17.4. The van der Waals surface area contributed by atoms with Crippen molar-refractivity contribution in [1.29, 1.82) is 0 Å². The predicted octanol–water partition coefficient (Wildman–Crippen LogP) is 1.09. The van der Waals surface area contributed by atoms with E-state index >= 15 is 0 Å². The van der Waals surface area contributed by atoms with Crippen molar-refractivity contribution in [2.75, 3.05) is 26.3 Å². The highest BCUT2D eigenvalue weighted by Gasteiger charge is 2.40. The van der Waals surface area contributed by atoms with Crippen LogP contribution in [-0.2, 0) is 14.8 Å². The first kappa shape index (κ1) is 21.6. The summed E-state index contributed by atoms with van der Waals surface area (Å²) in [6, 6.07) is 1.79. The van der Waals surface area contributed by atoms with Crippen LogP contribution in [0.4, 0.5) is 0 Å². The number of fused-ring (bicyclic) bond motifs is 2. The van der Waals surface area contributed by atoms with E-state index in [4.69, 9.17) is 10.5 Å².